The average Bonchev–Trinajstić information content (AvgIpc) is 3.46. The summed E-state index contributed by atoms with van der Waals surface area (Å²) >= 11 is 0. The minimum atomic E-state index is 0.199. The fourth-order valence-electron chi connectivity index (χ4n) is 3.11. The highest BCUT2D eigenvalue weighted by atomic mass is 16.7. The maximum absolute atomic E-state index is 6.29. The van der Waals surface area contributed by atoms with Gasteiger partial charge in [0, 0.05) is 5.56 Å². The van der Waals surface area contributed by atoms with Crippen molar-refractivity contribution in [1.29, 1.82) is 0 Å². The quantitative estimate of drug-likeness (QED) is 0.578. The molecule has 0 saturated carbocycles. The number of hydrogen-bond acceptors (Lipinski definition) is 8. The van der Waals surface area contributed by atoms with E-state index in [9.17, 15) is 0 Å². The summed E-state index contributed by atoms with van der Waals surface area (Å²) in [5, 5.41) is 12.4. The van der Waals surface area contributed by atoms with E-state index >= 15 is 0 Å². The zero-order chi connectivity index (χ0) is 19.1. The van der Waals surface area contributed by atoms with E-state index in [-0.39, 0.29) is 12.7 Å². The van der Waals surface area contributed by atoms with Crippen molar-refractivity contribution in [2.45, 2.75) is 13.3 Å². The van der Waals surface area contributed by atoms with Crippen LogP contribution in [0.3, 0.4) is 0 Å². The molecule has 9 nitrogen and oxygen atoms in total. The molecule has 3 heterocycles. The SMILES string of the molecule is CCc1ccccc1-n1nnc(-c2nc(-c3ccc4c(c3)OCO4)no2)c1N. The van der Waals surface area contributed by atoms with E-state index in [1.165, 1.54) is 0 Å². The van der Waals surface area contributed by atoms with E-state index in [1.807, 2.05) is 30.3 Å². The Balaban J connectivity index is 1.51. The second-order valence-electron chi connectivity index (χ2n) is 6.21. The number of aryl methyl sites for hydroxylation is 1. The molecule has 2 aromatic heterocycles. The second-order valence-corrected chi connectivity index (χ2v) is 6.21. The first-order chi connectivity index (χ1) is 13.7. The van der Waals surface area contributed by atoms with E-state index in [0.29, 0.717) is 28.8 Å². The number of benzene rings is 2. The number of anilines is 1. The highest BCUT2D eigenvalue weighted by molar-refractivity contribution is 5.67. The van der Waals surface area contributed by atoms with Gasteiger partial charge in [-0.05, 0) is 36.2 Å². The van der Waals surface area contributed by atoms with Crippen LogP contribution in [-0.4, -0.2) is 31.9 Å². The molecule has 0 aliphatic carbocycles. The number of rotatable bonds is 4. The van der Waals surface area contributed by atoms with Crippen molar-refractivity contribution < 1.29 is 14.0 Å². The molecule has 5 rings (SSSR count). The van der Waals surface area contributed by atoms with Gasteiger partial charge in [-0.25, -0.2) is 0 Å². The van der Waals surface area contributed by atoms with Crippen molar-refractivity contribution >= 4 is 5.82 Å². The Morgan fingerprint density at radius 2 is 1.96 bits per heavy atom. The monoisotopic (exact) mass is 376 g/mol. The van der Waals surface area contributed by atoms with E-state index in [1.54, 1.807) is 16.8 Å². The largest absolute Gasteiger partial charge is 0.454 e. The molecule has 0 fully saturated rings. The first-order valence-corrected chi connectivity index (χ1v) is 8.78. The number of nitrogen functional groups attached to an aromatic ring is 1. The van der Waals surface area contributed by atoms with Gasteiger partial charge in [0.25, 0.3) is 5.89 Å². The Kier molecular flexibility index (Phi) is 3.71. The third-order valence-corrected chi connectivity index (χ3v) is 4.57. The lowest BCUT2D eigenvalue weighted by molar-refractivity contribution is 0.174. The predicted molar refractivity (Wildman–Crippen MR) is 100 cm³/mol. The van der Waals surface area contributed by atoms with Gasteiger partial charge in [-0.3, -0.25) is 0 Å². The normalized spacial score (nSPS) is 12.5. The lowest BCUT2D eigenvalue weighted by atomic mass is 10.1. The van der Waals surface area contributed by atoms with E-state index in [4.69, 9.17) is 19.7 Å². The van der Waals surface area contributed by atoms with Crippen LogP contribution in [0.1, 0.15) is 12.5 Å². The smallest absolute Gasteiger partial charge is 0.282 e. The molecule has 28 heavy (non-hydrogen) atoms. The Morgan fingerprint density at radius 1 is 1.11 bits per heavy atom. The zero-order valence-corrected chi connectivity index (χ0v) is 15.0. The van der Waals surface area contributed by atoms with Gasteiger partial charge in [0.05, 0.1) is 5.69 Å². The standard InChI is InChI=1S/C19H16N6O3/c1-2-11-5-3-4-6-13(11)25-17(20)16(22-24-25)19-21-18(23-28-19)12-7-8-14-15(9-12)27-10-26-14/h3-9H,2,10,20H2,1H3. The van der Waals surface area contributed by atoms with Crippen molar-refractivity contribution in [3.63, 3.8) is 0 Å². The van der Waals surface area contributed by atoms with Crippen LogP contribution in [-0.2, 0) is 6.42 Å². The number of nitrogens with two attached hydrogens (primary N) is 1. The molecular weight excluding hydrogens is 360 g/mol. The van der Waals surface area contributed by atoms with Crippen LogP contribution >= 0.6 is 0 Å². The molecule has 2 N–H and O–H groups in total. The summed E-state index contributed by atoms with van der Waals surface area (Å²) in [7, 11) is 0. The molecule has 0 amide bonds. The molecule has 0 radical (unpaired) electrons. The molecule has 1 aliphatic heterocycles. The number of hydrogen-bond donors (Lipinski definition) is 1. The van der Waals surface area contributed by atoms with Crippen molar-refractivity contribution in [3.05, 3.63) is 48.0 Å². The Morgan fingerprint density at radius 3 is 2.86 bits per heavy atom. The number of aromatic nitrogens is 5. The average molecular weight is 376 g/mol. The van der Waals surface area contributed by atoms with Crippen LogP contribution < -0.4 is 15.2 Å². The molecular formula is C19H16N6O3. The molecule has 0 saturated heterocycles. The molecule has 4 aromatic rings. The van der Waals surface area contributed by atoms with Gasteiger partial charge in [-0.15, -0.1) is 5.10 Å². The van der Waals surface area contributed by atoms with E-state index in [2.05, 4.69) is 27.4 Å². The summed E-state index contributed by atoms with van der Waals surface area (Å²) in [6, 6.07) is 13.3. The summed E-state index contributed by atoms with van der Waals surface area (Å²) in [5.74, 6) is 2.27. The van der Waals surface area contributed by atoms with Crippen LogP contribution in [0, 0.1) is 0 Å². The van der Waals surface area contributed by atoms with Gasteiger partial charge in [0.1, 0.15) is 0 Å². The van der Waals surface area contributed by atoms with Crippen LogP contribution in [0.4, 0.5) is 5.82 Å². The molecule has 2 aromatic carbocycles. The molecule has 140 valence electrons. The van der Waals surface area contributed by atoms with Gasteiger partial charge >= 0.3 is 0 Å². The van der Waals surface area contributed by atoms with Crippen molar-refractivity contribution in [2.75, 3.05) is 12.5 Å². The zero-order valence-electron chi connectivity index (χ0n) is 15.0. The first-order valence-electron chi connectivity index (χ1n) is 8.78. The van der Waals surface area contributed by atoms with Crippen LogP contribution in [0.25, 0.3) is 28.7 Å². The number of nitrogens with zero attached hydrogens (tertiary/aromatic N) is 5. The summed E-state index contributed by atoms with van der Waals surface area (Å²) < 4.78 is 17.7. The lowest BCUT2D eigenvalue weighted by Gasteiger charge is -2.07. The Hall–Kier alpha value is -3.88. The minimum Gasteiger partial charge on any atom is -0.454 e. The number of ether oxygens (including phenoxy) is 2. The summed E-state index contributed by atoms with van der Waals surface area (Å²) in [4.78, 5) is 4.42. The molecule has 1 aliphatic rings. The minimum absolute atomic E-state index is 0.199. The third-order valence-electron chi connectivity index (χ3n) is 4.57. The Bertz CT molecular complexity index is 1170. The van der Waals surface area contributed by atoms with Crippen molar-refractivity contribution in [2.24, 2.45) is 0 Å². The number of fused-ring (bicyclic) bond motifs is 1. The van der Waals surface area contributed by atoms with E-state index < -0.39 is 0 Å². The molecule has 9 heteroatoms. The van der Waals surface area contributed by atoms with Gasteiger partial charge in [0.2, 0.25) is 12.6 Å². The predicted octanol–water partition coefficient (Wildman–Crippen LogP) is 2.86. The van der Waals surface area contributed by atoms with Crippen LogP contribution in [0.15, 0.2) is 47.0 Å². The summed E-state index contributed by atoms with van der Waals surface area (Å²) in [6.45, 7) is 2.28. The molecule has 0 spiro atoms. The highest BCUT2D eigenvalue weighted by Crippen LogP contribution is 2.35. The summed E-state index contributed by atoms with van der Waals surface area (Å²) in [5.41, 5.74) is 9.34. The van der Waals surface area contributed by atoms with Crippen molar-refractivity contribution in [3.8, 4) is 40.2 Å². The van der Waals surface area contributed by atoms with Crippen LogP contribution in [0.2, 0.25) is 0 Å². The molecule has 0 bridgehead atoms. The topological polar surface area (TPSA) is 114 Å². The van der Waals surface area contributed by atoms with Gasteiger partial charge in [0.15, 0.2) is 23.0 Å². The van der Waals surface area contributed by atoms with Gasteiger partial charge in [-0.1, -0.05) is 35.5 Å². The fourth-order valence-corrected chi connectivity index (χ4v) is 3.11. The summed E-state index contributed by atoms with van der Waals surface area (Å²) in [6.07, 6.45) is 0.847. The molecule has 0 atom stereocenters. The van der Waals surface area contributed by atoms with Gasteiger partial charge in [-0.2, -0.15) is 9.67 Å². The first kappa shape index (κ1) is 16.3. The molecule has 0 unspecified atom stereocenters. The highest BCUT2D eigenvalue weighted by Gasteiger charge is 2.22. The third kappa shape index (κ3) is 2.56. The fraction of sp³-hybridized carbons (Fsp3) is 0.158. The van der Waals surface area contributed by atoms with E-state index in [0.717, 1.165) is 23.2 Å². The maximum atomic E-state index is 6.29. The Labute approximate surface area is 159 Å². The lowest BCUT2D eigenvalue weighted by Crippen LogP contribution is -2.05. The van der Waals surface area contributed by atoms with Crippen molar-refractivity contribution in [1.82, 2.24) is 25.1 Å². The second kappa shape index (κ2) is 6.38. The van der Waals surface area contributed by atoms with Crippen LogP contribution in [0.5, 0.6) is 11.5 Å². The number of para-hydroxylation sites is 1. The van der Waals surface area contributed by atoms with Gasteiger partial charge < -0.3 is 19.7 Å². The maximum Gasteiger partial charge on any atom is 0.282 e.